The fourth-order valence-corrected chi connectivity index (χ4v) is 3.26. The van der Waals surface area contributed by atoms with Gasteiger partial charge in [-0.2, -0.15) is 5.26 Å². The van der Waals surface area contributed by atoms with E-state index < -0.39 is 5.91 Å². The summed E-state index contributed by atoms with van der Waals surface area (Å²) in [7, 11) is 1.55. The monoisotopic (exact) mass is 404 g/mol. The lowest BCUT2D eigenvalue weighted by atomic mass is 10.1. The Morgan fingerprint density at radius 1 is 1.14 bits per heavy atom. The van der Waals surface area contributed by atoms with Crippen molar-refractivity contribution >= 4 is 23.3 Å². The number of nitriles is 1. The summed E-state index contributed by atoms with van der Waals surface area (Å²) in [4.78, 5) is 13.3. The SMILES string of the molecule is COc1cc(C=C(C#N)C(=O)NCc2cccs2)ccc1OCc1ccccc1. The normalized spacial score (nSPS) is 10.8. The zero-order chi connectivity index (χ0) is 20.5. The van der Waals surface area contributed by atoms with E-state index in [1.165, 1.54) is 6.08 Å². The molecule has 0 bridgehead atoms. The summed E-state index contributed by atoms with van der Waals surface area (Å²) in [6, 6.07) is 20.9. The van der Waals surface area contributed by atoms with E-state index in [0.717, 1.165) is 10.4 Å². The highest BCUT2D eigenvalue weighted by molar-refractivity contribution is 7.09. The highest BCUT2D eigenvalue weighted by atomic mass is 32.1. The smallest absolute Gasteiger partial charge is 0.262 e. The molecule has 3 aromatic rings. The van der Waals surface area contributed by atoms with Crippen LogP contribution in [-0.4, -0.2) is 13.0 Å². The zero-order valence-corrected chi connectivity index (χ0v) is 16.7. The highest BCUT2D eigenvalue weighted by Crippen LogP contribution is 2.29. The van der Waals surface area contributed by atoms with E-state index in [1.54, 1.807) is 36.6 Å². The molecule has 0 aliphatic heterocycles. The van der Waals surface area contributed by atoms with Crippen LogP contribution in [0.25, 0.3) is 6.08 Å². The number of methoxy groups -OCH3 is 1. The van der Waals surface area contributed by atoms with E-state index in [2.05, 4.69) is 5.32 Å². The van der Waals surface area contributed by atoms with E-state index in [1.807, 2.05) is 53.9 Å². The van der Waals surface area contributed by atoms with Crippen molar-refractivity contribution in [2.45, 2.75) is 13.2 Å². The molecule has 5 nitrogen and oxygen atoms in total. The molecule has 29 heavy (non-hydrogen) atoms. The van der Waals surface area contributed by atoms with Gasteiger partial charge < -0.3 is 14.8 Å². The maximum Gasteiger partial charge on any atom is 0.262 e. The van der Waals surface area contributed by atoms with Gasteiger partial charge in [0.2, 0.25) is 0 Å². The van der Waals surface area contributed by atoms with Crippen molar-refractivity contribution in [3.63, 3.8) is 0 Å². The molecule has 1 amide bonds. The predicted octanol–water partition coefficient (Wildman–Crippen LogP) is 4.56. The van der Waals surface area contributed by atoms with E-state index in [0.29, 0.717) is 30.2 Å². The molecule has 6 heteroatoms. The number of carbonyl (C=O) groups excluding carboxylic acids is 1. The van der Waals surface area contributed by atoms with Crippen molar-refractivity contribution in [3.05, 3.63) is 87.6 Å². The minimum absolute atomic E-state index is 0.0292. The maximum absolute atomic E-state index is 12.3. The molecule has 1 aromatic heterocycles. The number of nitrogens with zero attached hydrogens (tertiary/aromatic N) is 1. The van der Waals surface area contributed by atoms with E-state index in [-0.39, 0.29) is 5.57 Å². The van der Waals surface area contributed by atoms with Gasteiger partial charge in [0.25, 0.3) is 5.91 Å². The standard InChI is InChI=1S/C23H20N2O3S/c1-27-22-13-18(9-10-21(22)28-16-17-6-3-2-4-7-17)12-19(14-24)23(26)25-15-20-8-5-11-29-20/h2-13H,15-16H2,1H3,(H,25,26). The molecule has 1 heterocycles. The molecule has 146 valence electrons. The molecular weight excluding hydrogens is 384 g/mol. The quantitative estimate of drug-likeness (QED) is 0.441. The van der Waals surface area contributed by atoms with Gasteiger partial charge in [0.15, 0.2) is 11.5 Å². The molecule has 0 fully saturated rings. The molecule has 0 atom stereocenters. The Morgan fingerprint density at radius 3 is 2.66 bits per heavy atom. The van der Waals surface area contributed by atoms with Crippen LogP contribution < -0.4 is 14.8 Å². The summed E-state index contributed by atoms with van der Waals surface area (Å²) in [5.74, 6) is 0.712. The molecule has 0 aliphatic carbocycles. The third kappa shape index (κ3) is 5.71. The minimum atomic E-state index is -0.413. The van der Waals surface area contributed by atoms with Gasteiger partial charge in [-0.1, -0.05) is 42.5 Å². The number of amides is 1. The van der Waals surface area contributed by atoms with Gasteiger partial charge in [-0.3, -0.25) is 4.79 Å². The Bertz CT molecular complexity index is 1020. The third-order valence-corrected chi connectivity index (χ3v) is 4.98. The molecule has 0 saturated heterocycles. The number of thiophene rings is 1. The molecule has 2 aromatic carbocycles. The van der Waals surface area contributed by atoms with Gasteiger partial charge >= 0.3 is 0 Å². The highest BCUT2D eigenvalue weighted by Gasteiger charge is 2.11. The summed E-state index contributed by atoms with van der Waals surface area (Å²) in [6.07, 6.45) is 1.53. The summed E-state index contributed by atoms with van der Waals surface area (Å²) in [6.45, 7) is 0.812. The molecule has 1 N–H and O–H groups in total. The topological polar surface area (TPSA) is 71.3 Å². The number of hydrogen-bond acceptors (Lipinski definition) is 5. The van der Waals surface area contributed by atoms with Crippen LogP contribution >= 0.6 is 11.3 Å². The fourth-order valence-electron chi connectivity index (χ4n) is 2.62. The van der Waals surface area contributed by atoms with Crippen molar-refractivity contribution in [1.29, 1.82) is 5.26 Å². The van der Waals surface area contributed by atoms with Gasteiger partial charge in [-0.25, -0.2) is 0 Å². The Balaban J connectivity index is 1.70. The van der Waals surface area contributed by atoms with Crippen LogP contribution in [-0.2, 0) is 17.9 Å². The maximum atomic E-state index is 12.3. The Labute approximate surface area is 173 Å². The van der Waals surface area contributed by atoms with Gasteiger partial charge in [-0.05, 0) is 40.8 Å². The van der Waals surface area contributed by atoms with Crippen LogP contribution in [0.15, 0.2) is 71.6 Å². The Hall–Kier alpha value is -3.56. The predicted molar refractivity (Wildman–Crippen MR) is 114 cm³/mol. The van der Waals surface area contributed by atoms with Crippen molar-refractivity contribution in [3.8, 4) is 17.6 Å². The zero-order valence-electron chi connectivity index (χ0n) is 15.9. The molecule has 0 saturated carbocycles. The Morgan fingerprint density at radius 2 is 1.97 bits per heavy atom. The second-order valence-corrected chi connectivity index (χ2v) is 7.15. The second kappa shape index (κ2) is 10.1. The molecule has 0 aliphatic rings. The van der Waals surface area contributed by atoms with E-state index >= 15 is 0 Å². The van der Waals surface area contributed by atoms with Crippen LogP contribution in [0, 0.1) is 11.3 Å². The summed E-state index contributed by atoms with van der Waals surface area (Å²) < 4.78 is 11.2. The average Bonchev–Trinajstić information content (AvgIpc) is 3.29. The van der Waals surface area contributed by atoms with Crippen LogP contribution in [0.4, 0.5) is 0 Å². The largest absolute Gasteiger partial charge is 0.493 e. The molecule has 0 radical (unpaired) electrons. The van der Waals surface area contributed by atoms with E-state index in [9.17, 15) is 10.1 Å². The molecule has 3 rings (SSSR count). The van der Waals surface area contributed by atoms with Gasteiger partial charge in [-0.15, -0.1) is 11.3 Å². The first-order chi connectivity index (χ1) is 14.2. The number of carbonyl (C=O) groups is 1. The number of nitrogens with one attached hydrogen (secondary N) is 1. The van der Waals surface area contributed by atoms with Crippen molar-refractivity contribution in [1.82, 2.24) is 5.32 Å². The number of hydrogen-bond donors (Lipinski definition) is 1. The van der Waals surface area contributed by atoms with Gasteiger partial charge in [0.1, 0.15) is 18.2 Å². The number of benzene rings is 2. The first-order valence-corrected chi connectivity index (χ1v) is 9.84. The second-order valence-electron chi connectivity index (χ2n) is 6.12. The first kappa shape index (κ1) is 20.2. The Kier molecular flexibility index (Phi) is 7.04. The summed E-state index contributed by atoms with van der Waals surface area (Å²) in [5.41, 5.74) is 1.76. The van der Waals surface area contributed by atoms with Crippen LogP contribution in [0.2, 0.25) is 0 Å². The van der Waals surface area contributed by atoms with Crippen molar-refractivity contribution in [2.24, 2.45) is 0 Å². The lowest BCUT2D eigenvalue weighted by molar-refractivity contribution is -0.117. The molecule has 0 spiro atoms. The number of rotatable bonds is 8. The summed E-state index contributed by atoms with van der Waals surface area (Å²) >= 11 is 1.55. The summed E-state index contributed by atoms with van der Waals surface area (Å²) in [5, 5.41) is 14.1. The number of ether oxygens (including phenoxy) is 2. The third-order valence-electron chi connectivity index (χ3n) is 4.10. The fraction of sp³-hybridized carbons (Fsp3) is 0.130. The van der Waals surface area contributed by atoms with Crippen LogP contribution in [0.3, 0.4) is 0 Å². The van der Waals surface area contributed by atoms with Crippen molar-refractivity contribution < 1.29 is 14.3 Å². The lowest BCUT2D eigenvalue weighted by Crippen LogP contribution is -2.23. The van der Waals surface area contributed by atoms with Crippen LogP contribution in [0.5, 0.6) is 11.5 Å². The van der Waals surface area contributed by atoms with Gasteiger partial charge in [0.05, 0.1) is 13.7 Å². The molecular formula is C23H20N2O3S. The van der Waals surface area contributed by atoms with Crippen LogP contribution in [0.1, 0.15) is 16.0 Å². The van der Waals surface area contributed by atoms with Crippen molar-refractivity contribution in [2.75, 3.05) is 7.11 Å². The first-order valence-electron chi connectivity index (χ1n) is 8.96. The molecule has 0 unspecified atom stereocenters. The lowest BCUT2D eigenvalue weighted by Gasteiger charge is -2.11. The minimum Gasteiger partial charge on any atom is -0.493 e. The van der Waals surface area contributed by atoms with Gasteiger partial charge in [0, 0.05) is 4.88 Å². The van der Waals surface area contributed by atoms with E-state index in [4.69, 9.17) is 9.47 Å². The average molecular weight is 404 g/mol.